The molecule has 0 saturated carbocycles. The van der Waals surface area contributed by atoms with E-state index in [4.69, 9.17) is 11.6 Å². The maximum absolute atomic E-state index is 12.4. The average Bonchev–Trinajstić information content (AvgIpc) is 2.77. The van der Waals surface area contributed by atoms with Gasteiger partial charge in [0.05, 0.1) is 11.4 Å². The van der Waals surface area contributed by atoms with Crippen LogP contribution in [0, 0.1) is 6.92 Å². The standard InChI is InChI=1S/C14H13ClN2O2/c1-8-3-5-13(16-8)14(19)11-7-10(15)4-6-12(11)17-9(2)18/h3-7,16H,1-2H3,(H,17,18). The lowest BCUT2D eigenvalue weighted by atomic mass is 10.1. The van der Waals surface area contributed by atoms with Crippen molar-refractivity contribution >= 4 is 29.0 Å². The fourth-order valence-electron chi connectivity index (χ4n) is 1.78. The summed E-state index contributed by atoms with van der Waals surface area (Å²) in [5.74, 6) is -0.446. The largest absolute Gasteiger partial charge is 0.356 e. The predicted octanol–water partition coefficient (Wildman–Crippen LogP) is 3.17. The Kier molecular flexibility index (Phi) is 3.71. The Balaban J connectivity index is 2.45. The second-order valence-corrected chi connectivity index (χ2v) is 4.69. The molecule has 0 saturated heterocycles. The second kappa shape index (κ2) is 5.28. The first kappa shape index (κ1) is 13.4. The molecule has 1 aromatic carbocycles. The Bertz CT molecular complexity index is 647. The number of aromatic amines is 1. The number of H-pyrrole nitrogens is 1. The summed E-state index contributed by atoms with van der Waals surface area (Å²) in [7, 11) is 0. The highest BCUT2D eigenvalue weighted by atomic mass is 35.5. The average molecular weight is 277 g/mol. The van der Waals surface area contributed by atoms with Gasteiger partial charge in [-0.1, -0.05) is 11.6 Å². The summed E-state index contributed by atoms with van der Waals surface area (Å²) in [6.45, 7) is 3.26. The third-order valence-corrected chi connectivity index (χ3v) is 2.85. The number of rotatable bonds is 3. The van der Waals surface area contributed by atoms with E-state index >= 15 is 0 Å². The fraction of sp³-hybridized carbons (Fsp3) is 0.143. The third-order valence-electron chi connectivity index (χ3n) is 2.61. The van der Waals surface area contributed by atoms with Crippen LogP contribution in [0.25, 0.3) is 0 Å². The van der Waals surface area contributed by atoms with E-state index in [1.165, 1.54) is 6.92 Å². The molecule has 1 heterocycles. The Hall–Kier alpha value is -2.07. The highest BCUT2D eigenvalue weighted by Crippen LogP contribution is 2.23. The molecule has 0 unspecified atom stereocenters. The van der Waals surface area contributed by atoms with Crippen molar-refractivity contribution in [2.75, 3.05) is 5.32 Å². The number of nitrogens with one attached hydrogen (secondary N) is 2. The quantitative estimate of drug-likeness (QED) is 0.846. The number of aryl methyl sites for hydroxylation is 1. The lowest BCUT2D eigenvalue weighted by molar-refractivity contribution is -0.114. The van der Waals surface area contributed by atoms with Gasteiger partial charge < -0.3 is 10.3 Å². The van der Waals surface area contributed by atoms with Crippen molar-refractivity contribution in [1.82, 2.24) is 4.98 Å². The van der Waals surface area contributed by atoms with Gasteiger partial charge in [-0.15, -0.1) is 0 Å². The summed E-state index contributed by atoms with van der Waals surface area (Å²) in [5, 5.41) is 3.07. The first-order valence-electron chi connectivity index (χ1n) is 5.75. The van der Waals surface area contributed by atoms with E-state index in [1.54, 1.807) is 24.3 Å². The molecule has 2 rings (SSSR count). The van der Waals surface area contributed by atoms with E-state index in [1.807, 2.05) is 13.0 Å². The number of halogens is 1. The van der Waals surface area contributed by atoms with Crippen LogP contribution in [0.15, 0.2) is 30.3 Å². The molecule has 1 amide bonds. The molecule has 0 spiro atoms. The van der Waals surface area contributed by atoms with Crippen molar-refractivity contribution in [3.8, 4) is 0 Å². The molecule has 0 fully saturated rings. The van der Waals surface area contributed by atoms with Gasteiger partial charge in [-0.3, -0.25) is 9.59 Å². The number of aromatic nitrogens is 1. The highest BCUT2D eigenvalue weighted by molar-refractivity contribution is 6.31. The van der Waals surface area contributed by atoms with Gasteiger partial charge in [0.2, 0.25) is 11.7 Å². The Labute approximate surface area is 115 Å². The summed E-state index contributed by atoms with van der Waals surface area (Å²) < 4.78 is 0. The molecule has 1 aromatic heterocycles. The molecule has 98 valence electrons. The van der Waals surface area contributed by atoms with Gasteiger partial charge in [0, 0.05) is 23.2 Å². The summed E-state index contributed by atoms with van der Waals surface area (Å²) >= 11 is 5.91. The molecule has 19 heavy (non-hydrogen) atoms. The van der Waals surface area contributed by atoms with Gasteiger partial charge in [-0.05, 0) is 37.3 Å². The summed E-state index contributed by atoms with van der Waals surface area (Å²) in [4.78, 5) is 26.5. The maximum Gasteiger partial charge on any atom is 0.221 e. The Morgan fingerprint density at radius 3 is 2.53 bits per heavy atom. The second-order valence-electron chi connectivity index (χ2n) is 4.26. The highest BCUT2D eigenvalue weighted by Gasteiger charge is 2.16. The minimum Gasteiger partial charge on any atom is -0.356 e. The molecule has 0 aliphatic heterocycles. The van der Waals surface area contributed by atoms with Crippen molar-refractivity contribution in [2.24, 2.45) is 0 Å². The van der Waals surface area contributed by atoms with Crippen molar-refractivity contribution in [2.45, 2.75) is 13.8 Å². The van der Waals surface area contributed by atoms with Gasteiger partial charge in [-0.2, -0.15) is 0 Å². The van der Waals surface area contributed by atoms with Crippen LogP contribution in [-0.4, -0.2) is 16.7 Å². The number of carbonyl (C=O) groups excluding carboxylic acids is 2. The summed E-state index contributed by atoms with van der Waals surface area (Å²) in [6.07, 6.45) is 0. The number of carbonyl (C=O) groups is 2. The van der Waals surface area contributed by atoms with Gasteiger partial charge in [0.1, 0.15) is 0 Å². The topological polar surface area (TPSA) is 62.0 Å². The smallest absolute Gasteiger partial charge is 0.221 e. The summed E-state index contributed by atoms with van der Waals surface area (Å²) in [5.41, 5.74) is 2.18. The van der Waals surface area contributed by atoms with Crippen molar-refractivity contribution in [3.63, 3.8) is 0 Å². The molecule has 0 radical (unpaired) electrons. The molecular formula is C14H13ClN2O2. The molecule has 4 nitrogen and oxygen atoms in total. The molecule has 0 atom stereocenters. The van der Waals surface area contributed by atoms with E-state index in [9.17, 15) is 9.59 Å². The van der Waals surface area contributed by atoms with Crippen LogP contribution >= 0.6 is 11.6 Å². The van der Waals surface area contributed by atoms with Gasteiger partial charge in [-0.25, -0.2) is 0 Å². The molecule has 2 N–H and O–H groups in total. The molecule has 0 aliphatic carbocycles. The fourth-order valence-corrected chi connectivity index (χ4v) is 1.96. The van der Waals surface area contributed by atoms with Crippen LogP contribution in [0.5, 0.6) is 0 Å². The minimum absolute atomic E-state index is 0.209. The van der Waals surface area contributed by atoms with Crippen LogP contribution in [0.3, 0.4) is 0 Å². The zero-order valence-corrected chi connectivity index (χ0v) is 11.3. The van der Waals surface area contributed by atoms with E-state index in [2.05, 4.69) is 10.3 Å². The van der Waals surface area contributed by atoms with E-state index in [0.29, 0.717) is 22.0 Å². The van der Waals surface area contributed by atoms with Gasteiger partial charge >= 0.3 is 0 Å². The number of hydrogen-bond donors (Lipinski definition) is 2. The van der Waals surface area contributed by atoms with E-state index < -0.39 is 0 Å². The minimum atomic E-state index is -0.237. The monoisotopic (exact) mass is 276 g/mol. The molecule has 2 aromatic rings. The van der Waals surface area contributed by atoms with Crippen LogP contribution in [0.2, 0.25) is 5.02 Å². The SMILES string of the molecule is CC(=O)Nc1ccc(Cl)cc1C(=O)c1ccc(C)[nH]1. The molecule has 0 bridgehead atoms. The molecule has 5 heteroatoms. The number of hydrogen-bond acceptors (Lipinski definition) is 2. The number of benzene rings is 1. The maximum atomic E-state index is 12.4. The molecule has 0 aliphatic rings. The first-order valence-corrected chi connectivity index (χ1v) is 6.12. The Morgan fingerprint density at radius 2 is 1.95 bits per heavy atom. The zero-order valence-electron chi connectivity index (χ0n) is 10.6. The summed E-state index contributed by atoms with van der Waals surface area (Å²) in [6, 6.07) is 8.31. The van der Waals surface area contributed by atoms with Crippen molar-refractivity contribution in [1.29, 1.82) is 0 Å². The lowest BCUT2D eigenvalue weighted by Gasteiger charge is -2.09. The van der Waals surface area contributed by atoms with Crippen molar-refractivity contribution < 1.29 is 9.59 Å². The van der Waals surface area contributed by atoms with E-state index in [0.717, 1.165) is 5.69 Å². The lowest BCUT2D eigenvalue weighted by Crippen LogP contribution is -2.12. The van der Waals surface area contributed by atoms with Crippen molar-refractivity contribution in [3.05, 3.63) is 52.3 Å². The van der Waals surface area contributed by atoms with E-state index in [-0.39, 0.29) is 11.7 Å². The van der Waals surface area contributed by atoms with Gasteiger partial charge in [0.25, 0.3) is 0 Å². The normalized spacial score (nSPS) is 10.3. The molecular weight excluding hydrogens is 264 g/mol. The van der Waals surface area contributed by atoms with Crippen LogP contribution < -0.4 is 5.32 Å². The number of ketones is 1. The Morgan fingerprint density at radius 1 is 1.21 bits per heavy atom. The first-order chi connectivity index (χ1) is 8.97. The number of anilines is 1. The van der Waals surface area contributed by atoms with Crippen LogP contribution in [0.4, 0.5) is 5.69 Å². The van der Waals surface area contributed by atoms with Crippen LogP contribution in [-0.2, 0) is 4.79 Å². The number of amides is 1. The van der Waals surface area contributed by atoms with Crippen LogP contribution in [0.1, 0.15) is 28.7 Å². The van der Waals surface area contributed by atoms with Gasteiger partial charge in [0.15, 0.2) is 0 Å². The predicted molar refractivity (Wildman–Crippen MR) is 74.7 cm³/mol. The zero-order chi connectivity index (χ0) is 14.0. The third kappa shape index (κ3) is 3.03.